The zero-order chi connectivity index (χ0) is 40.6. The number of carbonyl (C=O) groups is 4. The fourth-order valence-electron chi connectivity index (χ4n) is 5.74. The normalized spacial score (nSPS) is 10.7. The van der Waals surface area contributed by atoms with E-state index in [0.717, 1.165) is 47.5 Å². The molecule has 298 valence electrons. The van der Waals surface area contributed by atoms with Crippen molar-refractivity contribution in [1.29, 1.82) is 0 Å². The smallest absolute Gasteiger partial charge is 0.409 e. The number of Topliss-reactive ketones (excluding diaryl/α,β-unsaturated/α-hetero) is 1. The summed E-state index contributed by atoms with van der Waals surface area (Å²) in [6.45, 7) is 4.28. The second-order valence-electron chi connectivity index (χ2n) is 13.2. The maximum atomic E-state index is 12.6. The Bertz CT molecular complexity index is 2060. The first-order valence-corrected chi connectivity index (χ1v) is 18.7. The summed E-state index contributed by atoms with van der Waals surface area (Å²) in [5.41, 5.74) is 10.4. The molecule has 56 heavy (non-hydrogen) atoms. The van der Waals surface area contributed by atoms with Crippen LogP contribution in [0.2, 0.25) is 5.15 Å². The van der Waals surface area contributed by atoms with Crippen molar-refractivity contribution in [3.8, 4) is 17.6 Å². The number of pyridine rings is 1. The number of halogens is 1. The number of nitrogens with two attached hydrogens (primary N) is 1. The molecule has 0 saturated carbocycles. The number of ether oxygens (including phenoxy) is 3. The van der Waals surface area contributed by atoms with Crippen molar-refractivity contribution in [1.82, 2.24) is 29.3 Å². The van der Waals surface area contributed by atoms with Gasteiger partial charge in [0.25, 0.3) is 0 Å². The van der Waals surface area contributed by atoms with E-state index in [0.29, 0.717) is 36.0 Å². The van der Waals surface area contributed by atoms with Gasteiger partial charge >= 0.3 is 12.2 Å². The monoisotopic (exact) mass is 788 g/mol. The lowest BCUT2D eigenvalue weighted by Crippen LogP contribution is -2.38. The summed E-state index contributed by atoms with van der Waals surface area (Å²) in [7, 11) is 4.69. The molecule has 15 nitrogen and oxygen atoms in total. The molecule has 0 radical (unpaired) electrons. The van der Waals surface area contributed by atoms with E-state index in [1.54, 1.807) is 20.4 Å². The Morgan fingerprint density at radius 3 is 2.32 bits per heavy atom. The van der Waals surface area contributed by atoms with E-state index in [-0.39, 0.29) is 61.9 Å². The minimum Gasteiger partial charge on any atom is -0.496 e. The molecule has 0 bridgehead atoms. The van der Waals surface area contributed by atoms with E-state index in [1.807, 2.05) is 54.9 Å². The number of likely N-dealkylation sites (N-methyl/N-ethyl adjacent to an activating group) is 2. The third-order valence-electron chi connectivity index (χ3n) is 8.85. The maximum Gasteiger partial charge on any atom is 0.409 e. The van der Waals surface area contributed by atoms with Gasteiger partial charge in [-0.05, 0) is 38.8 Å². The summed E-state index contributed by atoms with van der Waals surface area (Å²) in [5.74, 6) is 6.67. The van der Waals surface area contributed by atoms with Gasteiger partial charge in [0.15, 0.2) is 12.4 Å². The van der Waals surface area contributed by atoms with Crippen molar-refractivity contribution >= 4 is 58.1 Å². The van der Waals surface area contributed by atoms with E-state index in [2.05, 4.69) is 32.1 Å². The van der Waals surface area contributed by atoms with Crippen LogP contribution < -0.4 is 15.8 Å². The first-order chi connectivity index (χ1) is 26.9. The van der Waals surface area contributed by atoms with Gasteiger partial charge in [0.05, 0.1) is 30.3 Å². The molecular weight excluding hydrogens is 740 g/mol. The highest BCUT2D eigenvalue weighted by molar-refractivity contribution is 6.34. The second kappa shape index (κ2) is 21.3. The first kappa shape index (κ1) is 42.9. The number of nitrogen functional groups attached to an aromatic ring is 1. The number of benzene rings is 1. The van der Waals surface area contributed by atoms with Crippen molar-refractivity contribution in [2.24, 2.45) is 0 Å². The van der Waals surface area contributed by atoms with Crippen molar-refractivity contribution in [3.05, 3.63) is 70.3 Å². The van der Waals surface area contributed by atoms with E-state index in [1.165, 1.54) is 16.8 Å². The second-order valence-corrected chi connectivity index (χ2v) is 13.6. The van der Waals surface area contributed by atoms with Gasteiger partial charge < -0.3 is 39.6 Å². The third kappa shape index (κ3) is 12.6. The van der Waals surface area contributed by atoms with Crippen LogP contribution >= 0.6 is 11.6 Å². The summed E-state index contributed by atoms with van der Waals surface area (Å²) in [5, 5.41) is 3.56. The predicted octanol–water partition coefficient (Wildman–Crippen LogP) is 6.16. The number of carbonyl (C=O) groups excluding carboxylic acids is 4. The molecule has 0 atom stereocenters. The van der Waals surface area contributed by atoms with Gasteiger partial charge in [-0.15, -0.1) is 0 Å². The van der Waals surface area contributed by atoms with Crippen LogP contribution in [0.25, 0.3) is 11.0 Å². The molecule has 0 fully saturated rings. The van der Waals surface area contributed by atoms with Crippen molar-refractivity contribution in [2.45, 2.75) is 65.3 Å². The number of hydrogen-bond donors (Lipinski definition) is 2. The third-order valence-corrected chi connectivity index (χ3v) is 9.13. The van der Waals surface area contributed by atoms with Gasteiger partial charge in [-0.1, -0.05) is 54.5 Å². The number of methoxy groups -OCH3 is 1. The van der Waals surface area contributed by atoms with E-state index in [9.17, 15) is 19.2 Å². The van der Waals surface area contributed by atoms with Gasteiger partial charge in [-0.3, -0.25) is 14.6 Å². The molecule has 3 amide bonds. The molecule has 3 heterocycles. The number of para-hydroxylation sites is 1. The maximum absolute atomic E-state index is 12.6. The highest BCUT2D eigenvalue weighted by Gasteiger charge is 2.18. The van der Waals surface area contributed by atoms with Gasteiger partial charge in [-0.25, -0.2) is 14.6 Å². The lowest BCUT2D eigenvalue weighted by atomic mass is 10.1. The molecule has 1 aromatic carbocycles. The van der Waals surface area contributed by atoms with Crippen LogP contribution in [0.5, 0.6) is 5.75 Å². The Hall–Kier alpha value is -5.88. The number of aryl methyl sites for hydroxylation is 1. The summed E-state index contributed by atoms with van der Waals surface area (Å²) in [4.78, 5) is 64.9. The van der Waals surface area contributed by atoms with Crippen LogP contribution in [0.15, 0.2) is 42.7 Å². The summed E-state index contributed by atoms with van der Waals surface area (Å²) >= 11 is 6.48. The number of hydrogen-bond acceptors (Lipinski definition) is 11. The lowest BCUT2D eigenvalue weighted by molar-refractivity contribution is -0.122. The molecule has 4 aromatic rings. The first-order valence-electron chi connectivity index (χ1n) is 18.3. The largest absolute Gasteiger partial charge is 0.496 e. The van der Waals surface area contributed by atoms with E-state index in [4.69, 9.17) is 31.5 Å². The van der Waals surface area contributed by atoms with Crippen LogP contribution in [0.4, 0.5) is 21.2 Å². The molecule has 3 aromatic heterocycles. The van der Waals surface area contributed by atoms with Gasteiger partial charge in [-0.2, -0.15) is 4.98 Å². The quantitative estimate of drug-likeness (QED) is 0.0669. The molecule has 0 saturated heterocycles. The Kier molecular flexibility index (Phi) is 16.3. The number of ketones is 1. The Morgan fingerprint density at radius 2 is 1.62 bits per heavy atom. The van der Waals surface area contributed by atoms with Gasteiger partial charge in [0.1, 0.15) is 23.2 Å². The van der Waals surface area contributed by atoms with Crippen LogP contribution in [-0.4, -0.2) is 101 Å². The van der Waals surface area contributed by atoms with Gasteiger partial charge in [0.2, 0.25) is 11.9 Å². The average Bonchev–Trinajstić information content (AvgIpc) is 3.52. The standard InChI is InChI=1S/C40H49ClN8O7/c1-27-23-43-32(28(2)35(27)54-5)25-49-24-29(34-36(41)45-38(42)46-37(34)49)15-13-14-22-55-39(52)47(3)20-21-48(4)40(53)56-26-31(50)18-11-6-7-12-19-33(51)44-30-16-9-8-10-17-30/h8-10,16-17,23-24H,6-7,11-12,14,18-22,25-26H2,1-5H3,(H,44,51)(H2,42,45,46). The Morgan fingerprint density at radius 1 is 0.946 bits per heavy atom. The number of aromatic nitrogens is 4. The molecule has 3 N–H and O–H groups in total. The zero-order valence-electron chi connectivity index (χ0n) is 32.5. The highest BCUT2D eigenvalue weighted by atomic mass is 35.5. The number of nitrogens with zero attached hydrogens (tertiary/aromatic N) is 6. The molecule has 16 heteroatoms. The Labute approximate surface area is 331 Å². The highest BCUT2D eigenvalue weighted by Crippen LogP contribution is 2.29. The number of anilines is 2. The number of rotatable bonds is 18. The molecule has 0 unspecified atom stereocenters. The molecular formula is C40H49ClN8O7. The number of unbranched alkanes of at least 4 members (excludes halogenated alkanes) is 3. The summed E-state index contributed by atoms with van der Waals surface area (Å²) < 4.78 is 17.9. The average molecular weight is 789 g/mol. The zero-order valence-corrected chi connectivity index (χ0v) is 33.3. The minimum absolute atomic E-state index is 0.0274. The molecule has 4 rings (SSSR count). The van der Waals surface area contributed by atoms with Crippen molar-refractivity contribution < 1.29 is 33.4 Å². The predicted molar refractivity (Wildman–Crippen MR) is 214 cm³/mol. The molecule has 0 aliphatic heterocycles. The van der Waals surface area contributed by atoms with Crippen LogP contribution in [0, 0.1) is 25.7 Å². The number of amides is 3. The fraction of sp³-hybridized carbons (Fsp3) is 0.425. The van der Waals surface area contributed by atoms with Crippen LogP contribution in [0.1, 0.15) is 67.3 Å². The Balaban J connectivity index is 1.14. The lowest BCUT2D eigenvalue weighted by Gasteiger charge is -2.21. The van der Waals surface area contributed by atoms with Crippen molar-refractivity contribution in [2.75, 3.05) is 58.6 Å². The minimum atomic E-state index is -0.667. The SMILES string of the molecule is COc1c(C)cnc(Cn2cc(C#CCCOC(=O)N(C)CCN(C)C(=O)OCC(=O)CCCCCCC(=O)Nc3ccccc3)c3c(Cl)nc(N)nc32)c1C. The van der Waals surface area contributed by atoms with E-state index < -0.39 is 12.2 Å². The van der Waals surface area contributed by atoms with Crippen LogP contribution in [-0.2, 0) is 25.6 Å². The molecule has 0 aliphatic rings. The summed E-state index contributed by atoms with van der Waals surface area (Å²) in [6.07, 6.45) is 6.24. The van der Waals surface area contributed by atoms with E-state index >= 15 is 0 Å². The van der Waals surface area contributed by atoms with Crippen LogP contribution in [0.3, 0.4) is 0 Å². The number of nitrogens with one attached hydrogen (secondary N) is 1. The number of fused-ring (bicyclic) bond motifs is 1. The topological polar surface area (TPSA) is 184 Å². The fourth-order valence-corrected chi connectivity index (χ4v) is 6.01. The molecule has 0 aliphatic carbocycles. The summed E-state index contributed by atoms with van der Waals surface area (Å²) in [6, 6.07) is 9.28. The molecule has 0 spiro atoms. The van der Waals surface area contributed by atoms with Gasteiger partial charge in [0, 0.05) is 75.7 Å². The van der Waals surface area contributed by atoms with Crippen molar-refractivity contribution in [3.63, 3.8) is 0 Å².